The van der Waals surface area contributed by atoms with E-state index in [1.165, 1.54) is 0 Å². The lowest BCUT2D eigenvalue weighted by Crippen LogP contribution is -2.35. The highest BCUT2D eigenvalue weighted by Crippen LogP contribution is 2.34. The number of ether oxygens (including phenoxy) is 2. The number of aryl methyl sites for hydroxylation is 1. The first-order chi connectivity index (χ1) is 12.5. The zero-order chi connectivity index (χ0) is 18.7. The highest BCUT2D eigenvalue weighted by Gasteiger charge is 2.23. The van der Waals surface area contributed by atoms with Crippen LogP contribution in [-0.4, -0.2) is 13.2 Å². The average Bonchev–Trinajstić information content (AvgIpc) is 2.64. The first kappa shape index (κ1) is 17.7. The van der Waals surface area contributed by atoms with Gasteiger partial charge in [-0.2, -0.15) is 0 Å². The lowest BCUT2D eigenvalue weighted by atomic mass is 9.97. The molecule has 0 bridgehead atoms. The van der Waals surface area contributed by atoms with E-state index in [0.717, 1.165) is 11.1 Å². The largest absolute Gasteiger partial charge is 0.494 e. The Morgan fingerprint density at radius 2 is 1.58 bits per heavy atom. The first-order valence-electron chi connectivity index (χ1n) is 8.62. The standard InChI is InChI=1S/C21H21NO4/c1-4-25-15-10-11-17(26-5-2)16(12-15)22-19-18(20(23)21(19)24)14-8-6-13(3)7-9-14/h6-12,22H,4-5H2,1-3H3. The number of hydrogen-bond donors (Lipinski definition) is 1. The third kappa shape index (κ3) is 3.33. The molecule has 1 N–H and O–H groups in total. The van der Waals surface area contributed by atoms with Crippen molar-refractivity contribution >= 4 is 11.4 Å². The van der Waals surface area contributed by atoms with E-state index in [-0.39, 0.29) is 5.69 Å². The van der Waals surface area contributed by atoms with Crippen LogP contribution in [0.25, 0.3) is 11.1 Å². The van der Waals surface area contributed by atoms with Gasteiger partial charge in [-0.1, -0.05) is 29.8 Å². The maximum atomic E-state index is 12.2. The van der Waals surface area contributed by atoms with Crippen LogP contribution >= 0.6 is 0 Å². The van der Waals surface area contributed by atoms with Gasteiger partial charge in [0, 0.05) is 6.07 Å². The quantitative estimate of drug-likeness (QED) is 0.656. The van der Waals surface area contributed by atoms with Gasteiger partial charge in [0.2, 0.25) is 5.43 Å². The van der Waals surface area contributed by atoms with Crippen LogP contribution in [0.15, 0.2) is 52.1 Å². The Hall–Kier alpha value is -3.08. The van der Waals surface area contributed by atoms with Gasteiger partial charge in [-0.15, -0.1) is 0 Å². The Morgan fingerprint density at radius 3 is 2.23 bits per heavy atom. The normalized spacial score (nSPS) is 10.7. The van der Waals surface area contributed by atoms with Crippen LogP contribution in [0.2, 0.25) is 0 Å². The van der Waals surface area contributed by atoms with Crippen molar-refractivity contribution in [2.24, 2.45) is 0 Å². The number of benzene rings is 2. The molecule has 0 atom stereocenters. The molecule has 0 radical (unpaired) electrons. The molecule has 0 saturated carbocycles. The van der Waals surface area contributed by atoms with Crippen LogP contribution < -0.4 is 25.6 Å². The predicted molar refractivity (Wildman–Crippen MR) is 104 cm³/mol. The summed E-state index contributed by atoms with van der Waals surface area (Å²) in [5.41, 5.74) is 2.10. The second kappa shape index (κ2) is 7.44. The molecule has 3 aromatic rings. The Balaban J connectivity index is 2.00. The molecule has 3 rings (SSSR count). The summed E-state index contributed by atoms with van der Waals surface area (Å²) in [6.45, 7) is 6.77. The van der Waals surface area contributed by atoms with E-state index in [1.54, 1.807) is 12.1 Å². The molecule has 0 aliphatic carbocycles. The Kier molecular flexibility index (Phi) is 5.07. The molecule has 3 aromatic carbocycles. The lowest BCUT2D eigenvalue weighted by Gasteiger charge is -2.17. The van der Waals surface area contributed by atoms with Gasteiger partial charge in [0.15, 0.2) is 0 Å². The van der Waals surface area contributed by atoms with Crippen LogP contribution in [0, 0.1) is 6.92 Å². The minimum absolute atomic E-state index is 0.286. The van der Waals surface area contributed by atoms with Crippen LogP contribution in [0.3, 0.4) is 0 Å². The van der Waals surface area contributed by atoms with Gasteiger partial charge in [-0.25, -0.2) is 0 Å². The SMILES string of the molecule is CCOc1ccc(OCC)c(Nc2c(-c3ccc(C)cc3)c(=O)c2=O)c1. The molecule has 26 heavy (non-hydrogen) atoms. The lowest BCUT2D eigenvalue weighted by molar-refractivity contribution is 0.332. The Morgan fingerprint density at radius 1 is 0.885 bits per heavy atom. The van der Waals surface area contributed by atoms with Crippen molar-refractivity contribution in [3.63, 3.8) is 0 Å². The van der Waals surface area contributed by atoms with Crippen LogP contribution in [0.4, 0.5) is 11.4 Å². The van der Waals surface area contributed by atoms with Crippen molar-refractivity contribution in [2.45, 2.75) is 20.8 Å². The zero-order valence-electron chi connectivity index (χ0n) is 15.1. The van der Waals surface area contributed by atoms with Gasteiger partial charge in [0.1, 0.15) is 17.2 Å². The smallest absolute Gasteiger partial charge is 0.250 e. The first-order valence-corrected chi connectivity index (χ1v) is 8.62. The predicted octanol–water partition coefficient (Wildman–Crippen LogP) is 3.80. The minimum atomic E-state index is -0.523. The molecular weight excluding hydrogens is 330 g/mol. The molecule has 5 heteroatoms. The summed E-state index contributed by atoms with van der Waals surface area (Å²) >= 11 is 0. The van der Waals surface area contributed by atoms with Gasteiger partial charge < -0.3 is 14.8 Å². The maximum absolute atomic E-state index is 12.2. The topological polar surface area (TPSA) is 64.6 Å². The summed E-state index contributed by atoms with van der Waals surface area (Å²) in [6, 6.07) is 12.9. The van der Waals surface area contributed by atoms with E-state index in [2.05, 4.69) is 5.32 Å². The second-order valence-corrected chi connectivity index (χ2v) is 5.92. The van der Waals surface area contributed by atoms with Gasteiger partial charge >= 0.3 is 0 Å². The number of nitrogens with one attached hydrogen (secondary N) is 1. The van der Waals surface area contributed by atoms with Crippen molar-refractivity contribution in [2.75, 3.05) is 18.5 Å². The minimum Gasteiger partial charge on any atom is -0.494 e. The fraction of sp³-hybridized carbons (Fsp3) is 0.238. The molecule has 0 heterocycles. The molecule has 0 saturated heterocycles. The summed E-state index contributed by atoms with van der Waals surface area (Å²) in [4.78, 5) is 24.3. The molecule has 0 unspecified atom stereocenters. The molecule has 5 nitrogen and oxygen atoms in total. The third-order valence-corrected chi connectivity index (χ3v) is 4.07. The van der Waals surface area contributed by atoms with Gasteiger partial charge in [0.05, 0.1) is 24.5 Å². The van der Waals surface area contributed by atoms with E-state index in [0.29, 0.717) is 36.0 Å². The highest BCUT2D eigenvalue weighted by molar-refractivity contribution is 5.86. The van der Waals surface area contributed by atoms with E-state index in [4.69, 9.17) is 9.47 Å². The summed E-state index contributed by atoms with van der Waals surface area (Å²) < 4.78 is 11.1. The van der Waals surface area contributed by atoms with E-state index < -0.39 is 10.9 Å². The third-order valence-electron chi connectivity index (χ3n) is 4.07. The molecular formula is C21H21NO4. The molecule has 0 spiro atoms. The van der Waals surface area contributed by atoms with E-state index in [9.17, 15) is 9.59 Å². The van der Waals surface area contributed by atoms with Crippen LogP contribution in [-0.2, 0) is 0 Å². The van der Waals surface area contributed by atoms with E-state index in [1.807, 2.05) is 51.1 Å². The molecule has 134 valence electrons. The molecule has 0 aromatic heterocycles. The summed E-state index contributed by atoms with van der Waals surface area (Å²) in [5, 5.41) is 3.08. The fourth-order valence-corrected chi connectivity index (χ4v) is 2.79. The van der Waals surface area contributed by atoms with Gasteiger partial charge in [-0.3, -0.25) is 9.59 Å². The van der Waals surface area contributed by atoms with Crippen molar-refractivity contribution in [1.29, 1.82) is 0 Å². The fourth-order valence-electron chi connectivity index (χ4n) is 2.79. The Labute approximate surface area is 151 Å². The number of rotatable bonds is 7. The second-order valence-electron chi connectivity index (χ2n) is 5.92. The van der Waals surface area contributed by atoms with Crippen LogP contribution in [0.1, 0.15) is 19.4 Å². The maximum Gasteiger partial charge on any atom is 0.250 e. The monoisotopic (exact) mass is 351 g/mol. The molecule has 0 aliphatic rings. The number of anilines is 2. The van der Waals surface area contributed by atoms with E-state index >= 15 is 0 Å². The Bertz CT molecular complexity index is 982. The summed E-state index contributed by atoms with van der Waals surface area (Å²) in [6.07, 6.45) is 0. The van der Waals surface area contributed by atoms with Gasteiger partial charge in [-0.05, 0) is 38.5 Å². The number of hydrogen-bond acceptors (Lipinski definition) is 5. The van der Waals surface area contributed by atoms with Crippen molar-refractivity contribution < 1.29 is 9.47 Å². The van der Waals surface area contributed by atoms with Crippen LogP contribution in [0.5, 0.6) is 11.5 Å². The highest BCUT2D eigenvalue weighted by atomic mass is 16.5. The molecule has 0 fully saturated rings. The average molecular weight is 351 g/mol. The van der Waals surface area contributed by atoms with Gasteiger partial charge in [0.25, 0.3) is 5.43 Å². The summed E-state index contributed by atoms with van der Waals surface area (Å²) in [7, 11) is 0. The van der Waals surface area contributed by atoms with Crippen molar-refractivity contribution in [3.05, 3.63) is 68.5 Å². The molecule has 0 aliphatic heterocycles. The summed E-state index contributed by atoms with van der Waals surface area (Å²) in [5.74, 6) is 1.26. The van der Waals surface area contributed by atoms with Crippen molar-refractivity contribution in [1.82, 2.24) is 0 Å². The molecule has 0 amide bonds. The van der Waals surface area contributed by atoms with Crippen molar-refractivity contribution in [3.8, 4) is 22.6 Å². The zero-order valence-corrected chi connectivity index (χ0v) is 15.1.